The third-order valence-electron chi connectivity index (χ3n) is 5.62. The minimum Gasteiger partial charge on any atom is -0.454 e. The highest BCUT2D eigenvalue weighted by molar-refractivity contribution is 9.10. The maximum Gasteiger partial charge on any atom is 0.329 e. The van der Waals surface area contributed by atoms with E-state index in [2.05, 4.69) is 21.2 Å². The van der Waals surface area contributed by atoms with Crippen LogP contribution in [0, 0.1) is 24.7 Å². The second-order valence-electron chi connectivity index (χ2n) is 8.47. The van der Waals surface area contributed by atoms with Crippen LogP contribution in [0.15, 0.2) is 34.8 Å². The lowest BCUT2D eigenvalue weighted by Crippen LogP contribution is -2.47. The van der Waals surface area contributed by atoms with E-state index >= 15 is 0 Å². The van der Waals surface area contributed by atoms with Crippen LogP contribution in [0.25, 0.3) is 0 Å². The first-order chi connectivity index (χ1) is 14.7. The molecule has 0 saturated carbocycles. The number of allylic oxidation sites excluding steroid dienone is 2. The number of hydrogen-bond donors (Lipinski definition) is 1. The topological polar surface area (TPSA) is 92.8 Å². The number of carbonyl (C=O) groups excluding carboxylic acids is 4. The first-order valence-corrected chi connectivity index (χ1v) is 11.2. The molecule has 3 unspecified atom stereocenters. The van der Waals surface area contributed by atoms with Gasteiger partial charge in [0.1, 0.15) is 6.04 Å². The van der Waals surface area contributed by atoms with Crippen molar-refractivity contribution < 1.29 is 23.9 Å². The number of anilines is 1. The summed E-state index contributed by atoms with van der Waals surface area (Å²) in [5, 5.41) is 2.67. The maximum absolute atomic E-state index is 12.9. The van der Waals surface area contributed by atoms with Gasteiger partial charge >= 0.3 is 5.97 Å². The molecule has 1 saturated heterocycles. The number of ether oxygens (including phenoxy) is 1. The van der Waals surface area contributed by atoms with E-state index in [1.165, 1.54) is 0 Å². The number of esters is 1. The minimum atomic E-state index is -1.02. The molecule has 3 atom stereocenters. The Hall–Kier alpha value is -2.48. The molecule has 1 aliphatic heterocycles. The number of nitrogens with one attached hydrogen (secondary N) is 1. The summed E-state index contributed by atoms with van der Waals surface area (Å²) >= 11 is 3.40. The van der Waals surface area contributed by atoms with Gasteiger partial charge in [-0.15, -0.1) is 0 Å². The fourth-order valence-electron chi connectivity index (χ4n) is 3.99. The van der Waals surface area contributed by atoms with Crippen LogP contribution in [0.3, 0.4) is 0 Å². The average Bonchev–Trinajstić information content (AvgIpc) is 2.98. The molecule has 1 heterocycles. The summed E-state index contributed by atoms with van der Waals surface area (Å²) < 4.78 is 6.08. The van der Waals surface area contributed by atoms with Crippen molar-refractivity contribution in [1.29, 1.82) is 0 Å². The van der Waals surface area contributed by atoms with Crippen LogP contribution in [0.4, 0.5) is 5.69 Å². The fraction of sp³-hybridized carbons (Fsp3) is 0.478. The molecular weight excluding hydrogens is 464 g/mol. The summed E-state index contributed by atoms with van der Waals surface area (Å²) in [5.74, 6) is -2.65. The van der Waals surface area contributed by atoms with E-state index in [0.717, 1.165) is 14.9 Å². The second-order valence-corrected chi connectivity index (χ2v) is 9.32. The van der Waals surface area contributed by atoms with Gasteiger partial charge in [0, 0.05) is 10.2 Å². The number of amides is 3. The van der Waals surface area contributed by atoms with Crippen LogP contribution in [-0.4, -0.2) is 41.2 Å². The molecule has 2 aliphatic rings. The van der Waals surface area contributed by atoms with Crippen molar-refractivity contribution in [2.75, 3.05) is 11.9 Å². The monoisotopic (exact) mass is 490 g/mol. The van der Waals surface area contributed by atoms with E-state index in [9.17, 15) is 19.2 Å². The van der Waals surface area contributed by atoms with E-state index in [1.807, 2.05) is 39.0 Å². The van der Waals surface area contributed by atoms with Gasteiger partial charge in [-0.25, -0.2) is 4.79 Å². The molecule has 8 heteroatoms. The SMILES string of the molecule is Cc1ccc(NC(=O)COC(=O)C(CC(C)C)N2C(=O)C3CC=CCC3C2=O)cc1Br. The molecule has 3 amide bonds. The van der Waals surface area contributed by atoms with Crippen molar-refractivity contribution in [3.05, 3.63) is 40.4 Å². The van der Waals surface area contributed by atoms with Crippen LogP contribution in [-0.2, 0) is 23.9 Å². The lowest BCUT2D eigenvalue weighted by molar-refractivity contribution is -0.160. The van der Waals surface area contributed by atoms with Crippen LogP contribution in [0.1, 0.15) is 38.7 Å². The molecule has 1 fully saturated rings. The molecular formula is C23H27BrN2O5. The van der Waals surface area contributed by atoms with Gasteiger partial charge in [0.15, 0.2) is 6.61 Å². The van der Waals surface area contributed by atoms with E-state index in [0.29, 0.717) is 18.5 Å². The Bertz CT molecular complexity index is 901. The maximum atomic E-state index is 12.9. The highest BCUT2D eigenvalue weighted by Crippen LogP contribution is 2.37. The molecule has 31 heavy (non-hydrogen) atoms. The fourth-order valence-corrected chi connectivity index (χ4v) is 4.37. The first-order valence-electron chi connectivity index (χ1n) is 10.4. The van der Waals surface area contributed by atoms with Gasteiger partial charge in [-0.1, -0.05) is 48.0 Å². The molecule has 166 valence electrons. The Balaban J connectivity index is 1.66. The summed E-state index contributed by atoms with van der Waals surface area (Å²) in [5.41, 5.74) is 1.59. The molecule has 1 N–H and O–H groups in total. The van der Waals surface area contributed by atoms with Crippen molar-refractivity contribution in [3.63, 3.8) is 0 Å². The number of hydrogen-bond acceptors (Lipinski definition) is 5. The van der Waals surface area contributed by atoms with Gasteiger partial charge in [-0.2, -0.15) is 0 Å². The Morgan fingerprint density at radius 1 is 1.16 bits per heavy atom. The number of nitrogens with zero attached hydrogens (tertiary/aromatic N) is 1. The van der Waals surface area contributed by atoms with Crippen molar-refractivity contribution in [1.82, 2.24) is 4.90 Å². The van der Waals surface area contributed by atoms with Crippen LogP contribution in [0.5, 0.6) is 0 Å². The predicted octanol–water partition coefficient (Wildman–Crippen LogP) is 3.61. The predicted molar refractivity (Wildman–Crippen MR) is 119 cm³/mol. The second kappa shape index (κ2) is 9.77. The Kier molecular flexibility index (Phi) is 7.30. The van der Waals surface area contributed by atoms with E-state index < -0.39 is 36.4 Å². The first kappa shape index (κ1) is 23.2. The van der Waals surface area contributed by atoms with Gasteiger partial charge < -0.3 is 10.1 Å². The van der Waals surface area contributed by atoms with Crippen LogP contribution >= 0.6 is 15.9 Å². The van der Waals surface area contributed by atoms with E-state index in [4.69, 9.17) is 4.74 Å². The van der Waals surface area contributed by atoms with Gasteiger partial charge in [0.05, 0.1) is 11.8 Å². The number of halogens is 1. The zero-order valence-corrected chi connectivity index (χ0v) is 19.5. The summed E-state index contributed by atoms with van der Waals surface area (Å²) in [7, 11) is 0. The van der Waals surface area contributed by atoms with Crippen molar-refractivity contribution in [2.45, 2.75) is 46.1 Å². The molecule has 0 spiro atoms. The molecule has 1 aromatic carbocycles. The molecule has 0 radical (unpaired) electrons. The number of rotatable bonds is 7. The molecule has 7 nitrogen and oxygen atoms in total. The number of likely N-dealkylation sites (tertiary alicyclic amines) is 1. The number of aryl methyl sites for hydroxylation is 1. The van der Waals surface area contributed by atoms with Crippen molar-refractivity contribution in [2.24, 2.45) is 17.8 Å². The number of benzene rings is 1. The molecule has 0 aromatic heterocycles. The zero-order valence-electron chi connectivity index (χ0n) is 17.9. The highest BCUT2D eigenvalue weighted by atomic mass is 79.9. The molecule has 1 aromatic rings. The number of fused-ring (bicyclic) bond motifs is 1. The lowest BCUT2D eigenvalue weighted by Gasteiger charge is -2.26. The van der Waals surface area contributed by atoms with Crippen molar-refractivity contribution in [3.8, 4) is 0 Å². The molecule has 0 bridgehead atoms. The minimum absolute atomic E-state index is 0.0534. The van der Waals surface area contributed by atoms with E-state index in [-0.39, 0.29) is 24.2 Å². The third kappa shape index (κ3) is 5.23. The van der Waals surface area contributed by atoms with Crippen LogP contribution < -0.4 is 5.32 Å². The van der Waals surface area contributed by atoms with Gasteiger partial charge in [0.25, 0.3) is 5.91 Å². The Labute approximate surface area is 190 Å². The normalized spacial score (nSPS) is 21.3. The number of carbonyl (C=O) groups is 4. The Morgan fingerprint density at radius 3 is 2.32 bits per heavy atom. The summed E-state index contributed by atoms with van der Waals surface area (Å²) in [6, 6.07) is 4.34. The highest BCUT2D eigenvalue weighted by Gasteiger charge is 2.51. The molecule has 3 rings (SSSR count). The third-order valence-corrected chi connectivity index (χ3v) is 6.48. The number of imide groups is 1. The lowest BCUT2D eigenvalue weighted by atomic mass is 9.85. The van der Waals surface area contributed by atoms with Gasteiger partial charge in [-0.3, -0.25) is 19.3 Å². The largest absolute Gasteiger partial charge is 0.454 e. The average molecular weight is 491 g/mol. The van der Waals surface area contributed by atoms with Crippen LogP contribution in [0.2, 0.25) is 0 Å². The smallest absolute Gasteiger partial charge is 0.329 e. The molecule has 1 aliphatic carbocycles. The Morgan fingerprint density at radius 2 is 1.77 bits per heavy atom. The zero-order chi connectivity index (χ0) is 22.7. The summed E-state index contributed by atoms with van der Waals surface area (Å²) in [6.45, 7) is 5.24. The standard InChI is InChI=1S/C23H27BrN2O5/c1-13(2)10-19(26-21(28)16-6-4-5-7-17(16)22(26)29)23(30)31-12-20(27)25-15-9-8-14(3)18(24)11-15/h4-5,8-9,11,13,16-17,19H,6-7,10,12H2,1-3H3,(H,25,27). The van der Waals surface area contributed by atoms with Gasteiger partial charge in [-0.05, 0) is 49.8 Å². The van der Waals surface area contributed by atoms with Gasteiger partial charge in [0.2, 0.25) is 11.8 Å². The van der Waals surface area contributed by atoms with Crippen molar-refractivity contribution >= 4 is 45.3 Å². The van der Waals surface area contributed by atoms with E-state index in [1.54, 1.807) is 12.1 Å². The summed E-state index contributed by atoms with van der Waals surface area (Å²) in [4.78, 5) is 52.0. The summed E-state index contributed by atoms with van der Waals surface area (Å²) in [6.07, 6.45) is 5.10. The quantitative estimate of drug-likeness (QED) is 0.358.